The highest BCUT2D eigenvalue weighted by atomic mass is 32.2. The topological polar surface area (TPSA) is 103 Å². The van der Waals surface area contributed by atoms with Gasteiger partial charge in [-0.25, -0.2) is 13.6 Å². The molecule has 0 spiro atoms. The lowest BCUT2D eigenvalue weighted by Gasteiger charge is -2.00. The molecule has 1 rings (SSSR count). The molecule has 0 aliphatic carbocycles. The van der Waals surface area contributed by atoms with Crippen LogP contribution in [0.3, 0.4) is 0 Å². The lowest BCUT2D eigenvalue weighted by molar-refractivity contribution is -0.114. The number of sulfonamides is 1. The molecule has 4 N–H and O–H groups in total. The third-order valence-corrected chi connectivity index (χ3v) is 2.87. The number of primary amides is 1. The van der Waals surface area contributed by atoms with E-state index in [-0.39, 0.29) is 4.90 Å². The summed E-state index contributed by atoms with van der Waals surface area (Å²) >= 11 is 0. The van der Waals surface area contributed by atoms with E-state index in [2.05, 4.69) is 0 Å². The molecule has 6 heteroatoms. The van der Waals surface area contributed by atoms with Crippen molar-refractivity contribution in [2.75, 3.05) is 0 Å². The van der Waals surface area contributed by atoms with Crippen molar-refractivity contribution in [1.82, 2.24) is 0 Å². The van der Waals surface area contributed by atoms with E-state index in [1.54, 1.807) is 19.1 Å². The van der Waals surface area contributed by atoms with Crippen molar-refractivity contribution in [2.45, 2.75) is 11.8 Å². The van der Waals surface area contributed by atoms with Crippen molar-refractivity contribution < 1.29 is 13.2 Å². The number of carbonyl (C=O) groups is 1. The van der Waals surface area contributed by atoms with Crippen molar-refractivity contribution in [1.29, 1.82) is 0 Å². The van der Waals surface area contributed by atoms with E-state index in [9.17, 15) is 13.2 Å². The van der Waals surface area contributed by atoms with Crippen LogP contribution in [0.4, 0.5) is 0 Å². The average Bonchev–Trinajstić information content (AvgIpc) is 2.16. The molecular weight excluding hydrogens is 228 g/mol. The van der Waals surface area contributed by atoms with Gasteiger partial charge < -0.3 is 5.73 Å². The maximum absolute atomic E-state index is 11.1. The van der Waals surface area contributed by atoms with Crippen molar-refractivity contribution in [3.8, 4) is 0 Å². The zero-order valence-corrected chi connectivity index (χ0v) is 9.49. The highest BCUT2D eigenvalue weighted by molar-refractivity contribution is 7.89. The number of hydrogen-bond acceptors (Lipinski definition) is 3. The van der Waals surface area contributed by atoms with Crippen LogP contribution >= 0.6 is 0 Å². The molecule has 0 heterocycles. The van der Waals surface area contributed by atoms with Crippen LogP contribution in [-0.2, 0) is 14.8 Å². The molecule has 5 nitrogen and oxygen atoms in total. The molecule has 0 radical (unpaired) electrons. The van der Waals surface area contributed by atoms with Gasteiger partial charge in [0.05, 0.1) is 4.90 Å². The number of carbonyl (C=O) groups excluding carboxylic acids is 1. The third-order valence-electron chi connectivity index (χ3n) is 1.96. The second kappa shape index (κ2) is 4.46. The molecule has 0 aliphatic rings. The van der Waals surface area contributed by atoms with Crippen LogP contribution in [0, 0.1) is 0 Å². The number of rotatable bonds is 3. The Hall–Kier alpha value is -1.66. The fraction of sp³-hybridized carbons (Fsp3) is 0.100. The first kappa shape index (κ1) is 12.4. The number of primary sulfonamides is 1. The molecule has 1 aromatic carbocycles. The molecule has 0 saturated carbocycles. The predicted octanol–water partition coefficient (Wildman–Crippen LogP) is 0.223. The van der Waals surface area contributed by atoms with Crippen LogP contribution < -0.4 is 10.9 Å². The number of nitrogens with two attached hydrogens (primary N) is 2. The standard InChI is InChI=1S/C10H12N2O3S/c1-7(10(11)13)5-8-3-2-4-9(6-8)16(12,14)15/h2-6H,1H3,(H2,11,13)(H2,12,14,15)/b7-5+. The first-order valence-corrected chi connectivity index (χ1v) is 5.96. The largest absolute Gasteiger partial charge is 0.366 e. The third kappa shape index (κ3) is 3.18. The predicted molar refractivity (Wildman–Crippen MR) is 60.7 cm³/mol. The van der Waals surface area contributed by atoms with Gasteiger partial charge in [-0.3, -0.25) is 4.79 Å². The Morgan fingerprint density at radius 3 is 2.50 bits per heavy atom. The maximum atomic E-state index is 11.1. The normalized spacial score (nSPS) is 12.5. The van der Waals surface area contributed by atoms with Crippen LogP contribution in [0.5, 0.6) is 0 Å². The van der Waals surface area contributed by atoms with Gasteiger partial charge in [0, 0.05) is 5.57 Å². The van der Waals surface area contributed by atoms with Gasteiger partial charge in [0.15, 0.2) is 0 Å². The van der Waals surface area contributed by atoms with E-state index in [1.807, 2.05) is 0 Å². The van der Waals surface area contributed by atoms with Gasteiger partial charge in [-0.1, -0.05) is 12.1 Å². The van der Waals surface area contributed by atoms with Gasteiger partial charge in [0.25, 0.3) is 0 Å². The van der Waals surface area contributed by atoms with E-state index in [4.69, 9.17) is 10.9 Å². The summed E-state index contributed by atoms with van der Waals surface area (Å²) in [6.45, 7) is 1.55. The second-order valence-corrected chi connectivity index (χ2v) is 4.87. The van der Waals surface area contributed by atoms with Gasteiger partial charge in [0.2, 0.25) is 15.9 Å². The molecule has 0 bridgehead atoms. The summed E-state index contributed by atoms with van der Waals surface area (Å²) in [6, 6.07) is 5.95. The molecule has 1 aromatic rings. The summed E-state index contributed by atoms with van der Waals surface area (Å²) < 4.78 is 22.1. The molecular formula is C10H12N2O3S. The smallest absolute Gasteiger partial charge is 0.244 e. The summed E-state index contributed by atoms with van der Waals surface area (Å²) in [7, 11) is -3.73. The first-order valence-electron chi connectivity index (χ1n) is 4.41. The van der Waals surface area contributed by atoms with Gasteiger partial charge in [-0.05, 0) is 30.7 Å². The van der Waals surface area contributed by atoms with E-state index in [0.29, 0.717) is 11.1 Å². The summed E-state index contributed by atoms with van der Waals surface area (Å²) in [6.07, 6.45) is 1.50. The first-order chi connectivity index (χ1) is 7.30. The molecule has 1 amide bonds. The highest BCUT2D eigenvalue weighted by Crippen LogP contribution is 2.12. The van der Waals surface area contributed by atoms with Crippen LogP contribution in [0.1, 0.15) is 12.5 Å². The van der Waals surface area contributed by atoms with E-state index in [1.165, 1.54) is 18.2 Å². The van der Waals surface area contributed by atoms with Crippen LogP contribution in [0.25, 0.3) is 6.08 Å². The highest BCUT2D eigenvalue weighted by Gasteiger charge is 2.07. The van der Waals surface area contributed by atoms with Gasteiger partial charge >= 0.3 is 0 Å². The monoisotopic (exact) mass is 240 g/mol. The second-order valence-electron chi connectivity index (χ2n) is 3.31. The number of benzene rings is 1. The molecule has 16 heavy (non-hydrogen) atoms. The van der Waals surface area contributed by atoms with Gasteiger partial charge in [0.1, 0.15) is 0 Å². The Kier molecular flexibility index (Phi) is 3.46. The molecule has 0 aliphatic heterocycles. The van der Waals surface area contributed by atoms with E-state index in [0.717, 1.165) is 0 Å². The molecule has 0 unspecified atom stereocenters. The Balaban J connectivity index is 3.20. The van der Waals surface area contributed by atoms with Gasteiger partial charge in [-0.15, -0.1) is 0 Å². The van der Waals surface area contributed by atoms with Crippen molar-refractivity contribution >= 4 is 22.0 Å². The van der Waals surface area contributed by atoms with Crippen molar-refractivity contribution in [2.24, 2.45) is 10.9 Å². The Morgan fingerprint density at radius 1 is 1.38 bits per heavy atom. The molecule has 0 saturated heterocycles. The number of amides is 1. The minimum absolute atomic E-state index is 0.00137. The van der Waals surface area contributed by atoms with Crippen LogP contribution in [0.2, 0.25) is 0 Å². The number of hydrogen-bond donors (Lipinski definition) is 2. The molecule has 0 fully saturated rings. The average molecular weight is 240 g/mol. The minimum atomic E-state index is -3.73. The summed E-state index contributed by atoms with van der Waals surface area (Å²) in [4.78, 5) is 10.8. The van der Waals surface area contributed by atoms with Crippen molar-refractivity contribution in [3.05, 3.63) is 35.4 Å². The fourth-order valence-corrected chi connectivity index (χ4v) is 1.67. The fourth-order valence-electron chi connectivity index (χ4n) is 1.10. The maximum Gasteiger partial charge on any atom is 0.244 e. The summed E-state index contributed by atoms with van der Waals surface area (Å²) in [5.41, 5.74) is 5.96. The van der Waals surface area contributed by atoms with Crippen LogP contribution in [0.15, 0.2) is 34.7 Å². The zero-order chi connectivity index (χ0) is 12.3. The summed E-state index contributed by atoms with van der Waals surface area (Å²) in [5.74, 6) is -0.555. The lowest BCUT2D eigenvalue weighted by Crippen LogP contribution is -2.12. The Labute approximate surface area is 93.8 Å². The molecule has 86 valence electrons. The molecule has 0 atom stereocenters. The Bertz CT molecular complexity index is 547. The minimum Gasteiger partial charge on any atom is -0.366 e. The van der Waals surface area contributed by atoms with E-state index >= 15 is 0 Å². The van der Waals surface area contributed by atoms with Crippen molar-refractivity contribution in [3.63, 3.8) is 0 Å². The Morgan fingerprint density at radius 2 is 2.00 bits per heavy atom. The van der Waals surface area contributed by atoms with Gasteiger partial charge in [-0.2, -0.15) is 0 Å². The summed E-state index contributed by atoms with van der Waals surface area (Å²) in [5, 5.41) is 4.98. The SMILES string of the molecule is C/C(=C\c1cccc(S(N)(=O)=O)c1)C(N)=O. The lowest BCUT2D eigenvalue weighted by atomic mass is 10.1. The van der Waals surface area contributed by atoms with E-state index < -0.39 is 15.9 Å². The molecule has 0 aromatic heterocycles. The quantitative estimate of drug-likeness (QED) is 0.738. The van der Waals surface area contributed by atoms with Crippen LogP contribution in [-0.4, -0.2) is 14.3 Å². The zero-order valence-electron chi connectivity index (χ0n) is 8.67.